The lowest BCUT2D eigenvalue weighted by atomic mass is 10.0. The zero-order valence-electron chi connectivity index (χ0n) is 13.9. The molecule has 1 aromatic carbocycles. The molecule has 1 aliphatic heterocycles. The molecule has 6 nitrogen and oxygen atoms in total. The number of benzene rings is 1. The molecule has 0 amide bonds. The average molecular weight is 360 g/mol. The minimum atomic E-state index is -0.355. The molecule has 0 saturated carbocycles. The van der Waals surface area contributed by atoms with Crippen LogP contribution in [0.25, 0.3) is 11.0 Å². The Morgan fingerprint density at radius 1 is 1.32 bits per heavy atom. The Kier molecular flexibility index (Phi) is 4.23. The van der Waals surface area contributed by atoms with Crippen LogP contribution in [0, 0.1) is 6.92 Å². The van der Waals surface area contributed by atoms with Crippen LogP contribution in [0.2, 0.25) is 5.02 Å². The fourth-order valence-corrected chi connectivity index (χ4v) is 3.50. The number of imidazole rings is 1. The van der Waals surface area contributed by atoms with Gasteiger partial charge in [0.2, 0.25) is 0 Å². The maximum Gasteiger partial charge on any atom is 0.336 e. The fraction of sp³-hybridized carbons (Fsp3) is 0.333. The molecule has 0 atom stereocenters. The van der Waals surface area contributed by atoms with Crippen LogP contribution in [-0.2, 0) is 13.1 Å². The van der Waals surface area contributed by atoms with E-state index in [1.54, 1.807) is 6.20 Å². The van der Waals surface area contributed by atoms with Crippen LogP contribution in [0.15, 0.2) is 40.1 Å². The van der Waals surface area contributed by atoms with E-state index in [9.17, 15) is 4.79 Å². The van der Waals surface area contributed by atoms with E-state index in [0.29, 0.717) is 29.6 Å². The first kappa shape index (κ1) is 16.2. The number of rotatable bonds is 4. The topological polar surface area (TPSA) is 60.5 Å². The van der Waals surface area contributed by atoms with Gasteiger partial charge in [0.1, 0.15) is 18.1 Å². The third-order valence-corrected chi connectivity index (χ3v) is 4.75. The van der Waals surface area contributed by atoms with Crippen LogP contribution >= 0.6 is 11.6 Å². The van der Waals surface area contributed by atoms with E-state index < -0.39 is 0 Å². The molecular weight excluding hydrogens is 342 g/mol. The Morgan fingerprint density at radius 3 is 3.00 bits per heavy atom. The average Bonchev–Trinajstić information content (AvgIpc) is 3.09. The molecule has 0 fully saturated rings. The zero-order chi connectivity index (χ0) is 17.4. The number of ether oxygens (including phenoxy) is 1. The van der Waals surface area contributed by atoms with Gasteiger partial charge in [0.05, 0.1) is 16.9 Å². The summed E-state index contributed by atoms with van der Waals surface area (Å²) in [5.74, 6) is 0.619. The van der Waals surface area contributed by atoms with Crippen molar-refractivity contribution in [3.63, 3.8) is 0 Å². The highest BCUT2D eigenvalue weighted by Crippen LogP contribution is 2.39. The summed E-state index contributed by atoms with van der Waals surface area (Å²) in [6.07, 6.45) is 6.51. The summed E-state index contributed by atoms with van der Waals surface area (Å²) < 4.78 is 13.4. The summed E-state index contributed by atoms with van der Waals surface area (Å²) in [6.45, 7) is 4.75. The zero-order valence-corrected chi connectivity index (χ0v) is 14.6. The van der Waals surface area contributed by atoms with Crippen molar-refractivity contribution in [1.82, 2.24) is 14.5 Å². The van der Waals surface area contributed by atoms with Crippen LogP contribution in [0.3, 0.4) is 0 Å². The first-order valence-corrected chi connectivity index (χ1v) is 8.56. The molecule has 7 heteroatoms. The van der Waals surface area contributed by atoms with E-state index >= 15 is 0 Å². The Labute approximate surface area is 149 Å². The van der Waals surface area contributed by atoms with Crippen molar-refractivity contribution < 1.29 is 9.15 Å². The molecule has 25 heavy (non-hydrogen) atoms. The smallest absolute Gasteiger partial charge is 0.336 e. The van der Waals surface area contributed by atoms with Crippen LogP contribution < -0.4 is 10.4 Å². The van der Waals surface area contributed by atoms with Gasteiger partial charge in [-0.1, -0.05) is 11.6 Å². The largest absolute Gasteiger partial charge is 0.476 e. The molecule has 130 valence electrons. The molecule has 0 aliphatic carbocycles. The number of halogens is 1. The molecule has 0 bridgehead atoms. The summed E-state index contributed by atoms with van der Waals surface area (Å²) in [4.78, 5) is 18.0. The number of hydrogen-bond acceptors (Lipinski definition) is 5. The highest BCUT2D eigenvalue weighted by Gasteiger charge is 2.24. The molecule has 0 spiro atoms. The van der Waals surface area contributed by atoms with Gasteiger partial charge in [0.25, 0.3) is 0 Å². The fourth-order valence-electron chi connectivity index (χ4n) is 3.23. The Bertz CT molecular complexity index is 966. The number of aryl methyl sites for hydroxylation is 2. The van der Waals surface area contributed by atoms with E-state index in [0.717, 1.165) is 36.0 Å². The lowest BCUT2D eigenvalue weighted by Gasteiger charge is -2.30. The highest BCUT2D eigenvalue weighted by molar-refractivity contribution is 6.33. The predicted molar refractivity (Wildman–Crippen MR) is 95.0 cm³/mol. The van der Waals surface area contributed by atoms with E-state index in [1.165, 1.54) is 6.07 Å². The highest BCUT2D eigenvalue weighted by atomic mass is 35.5. The summed E-state index contributed by atoms with van der Waals surface area (Å²) in [7, 11) is 0. The lowest BCUT2D eigenvalue weighted by molar-refractivity contribution is 0.0934. The number of aromatic nitrogens is 2. The van der Waals surface area contributed by atoms with Crippen molar-refractivity contribution >= 4 is 22.6 Å². The number of hydrogen-bond donors (Lipinski definition) is 0. The normalized spacial score (nSPS) is 14.5. The number of fused-ring (bicyclic) bond motifs is 3. The summed E-state index contributed by atoms with van der Waals surface area (Å²) >= 11 is 6.38. The van der Waals surface area contributed by atoms with Crippen LogP contribution in [-0.4, -0.2) is 27.7 Å². The standard InChI is InChI=1S/C18H18ClN3O3/c1-12-7-16(23)25-17-13(12)8-15(19)18-14(17)9-22(11-24-18)5-2-4-21-6-3-20-10-21/h3,6-8,10H,2,4-5,9,11H2,1H3. The second-order valence-corrected chi connectivity index (χ2v) is 6.68. The van der Waals surface area contributed by atoms with Crippen molar-refractivity contribution in [2.75, 3.05) is 13.3 Å². The Morgan fingerprint density at radius 2 is 2.20 bits per heavy atom. The van der Waals surface area contributed by atoms with Crippen molar-refractivity contribution in [1.29, 1.82) is 0 Å². The maximum atomic E-state index is 11.8. The van der Waals surface area contributed by atoms with Gasteiger partial charge in [-0.25, -0.2) is 9.78 Å². The molecule has 3 aromatic rings. The monoisotopic (exact) mass is 359 g/mol. The van der Waals surface area contributed by atoms with Gasteiger partial charge in [-0.3, -0.25) is 4.90 Å². The molecule has 0 unspecified atom stereocenters. The molecule has 2 aromatic heterocycles. The van der Waals surface area contributed by atoms with E-state index in [4.69, 9.17) is 20.8 Å². The van der Waals surface area contributed by atoms with Gasteiger partial charge in [-0.2, -0.15) is 0 Å². The second kappa shape index (κ2) is 6.54. The van der Waals surface area contributed by atoms with Crippen molar-refractivity contribution in [2.24, 2.45) is 0 Å². The molecular formula is C18H18ClN3O3. The SMILES string of the molecule is Cc1cc(=O)oc2c3c(c(Cl)cc12)OCN(CCCn1ccnc1)C3. The molecule has 0 radical (unpaired) electrons. The molecule has 3 heterocycles. The van der Waals surface area contributed by atoms with Gasteiger partial charge in [-0.15, -0.1) is 0 Å². The van der Waals surface area contributed by atoms with Crippen molar-refractivity contribution in [3.8, 4) is 5.75 Å². The van der Waals surface area contributed by atoms with Crippen molar-refractivity contribution in [3.05, 3.63) is 57.4 Å². The first-order valence-electron chi connectivity index (χ1n) is 8.18. The maximum absolute atomic E-state index is 11.8. The molecule has 0 N–H and O–H groups in total. The van der Waals surface area contributed by atoms with Gasteiger partial charge in [0, 0.05) is 43.5 Å². The molecule has 4 rings (SSSR count). The van der Waals surface area contributed by atoms with Gasteiger partial charge >= 0.3 is 5.63 Å². The summed E-state index contributed by atoms with van der Waals surface area (Å²) in [6, 6.07) is 3.29. The van der Waals surface area contributed by atoms with Crippen LogP contribution in [0.4, 0.5) is 0 Å². The summed E-state index contributed by atoms with van der Waals surface area (Å²) in [5.41, 5.74) is 1.92. The Hall–Kier alpha value is -2.31. The van der Waals surface area contributed by atoms with Gasteiger partial charge in [0.15, 0.2) is 0 Å². The summed E-state index contributed by atoms with van der Waals surface area (Å²) in [5, 5.41) is 1.41. The van der Waals surface area contributed by atoms with Gasteiger partial charge in [-0.05, 0) is 25.0 Å². The van der Waals surface area contributed by atoms with Gasteiger partial charge < -0.3 is 13.7 Å². The molecule has 0 saturated heterocycles. The van der Waals surface area contributed by atoms with Crippen molar-refractivity contribution in [2.45, 2.75) is 26.4 Å². The Balaban J connectivity index is 1.59. The minimum absolute atomic E-state index is 0.355. The van der Waals surface area contributed by atoms with Crippen LogP contribution in [0.1, 0.15) is 17.5 Å². The number of nitrogens with zero attached hydrogens (tertiary/aromatic N) is 3. The predicted octanol–water partition coefficient (Wildman–Crippen LogP) is 3.19. The van der Waals surface area contributed by atoms with E-state index in [2.05, 4.69) is 9.88 Å². The van der Waals surface area contributed by atoms with E-state index in [-0.39, 0.29) is 5.63 Å². The lowest BCUT2D eigenvalue weighted by Crippen LogP contribution is -2.33. The second-order valence-electron chi connectivity index (χ2n) is 6.27. The first-order chi connectivity index (χ1) is 12.1. The third-order valence-electron chi connectivity index (χ3n) is 4.47. The quantitative estimate of drug-likeness (QED) is 0.669. The van der Waals surface area contributed by atoms with Crippen LogP contribution in [0.5, 0.6) is 5.75 Å². The minimum Gasteiger partial charge on any atom is -0.476 e. The third kappa shape index (κ3) is 3.15. The van der Waals surface area contributed by atoms with E-state index in [1.807, 2.05) is 30.1 Å². The molecule has 1 aliphatic rings.